The van der Waals surface area contributed by atoms with Crippen molar-refractivity contribution < 1.29 is 24.0 Å². The Morgan fingerprint density at radius 1 is 0.915 bits per heavy atom. The average Bonchev–Trinajstić information content (AvgIpc) is 3.56. The van der Waals surface area contributed by atoms with Crippen LogP contribution in [0.2, 0.25) is 0 Å². The van der Waals surface area contributed by atoms with Gasteiger partial charge in [0.2, 0.25) is 5.91 Å². The predicted molar refractivity (Wildman–Crippen MR) is 184 cm³/mol. The Labute approximate surface area is 277 Å². The molecule has 0 aliphatic heterocycles. The Bertz CT molecular complexity index is 1910. The van der Waals surface area contributed by atoms with Crippen molar-refractivity contribution in [2.45, 2.75) is 4.90 Å². The number of carbonyl (C=O) groups excluding carboxylic acids is 3. The lowest BCUT2D eigenvalue weighted by atomic mass is 10.1. The van der Waals surface area contributed by atoms with E-state index in [1.807, 2.05) is 29.6 Å². The number of carbonyl (C=O) groups is 3. The van der Waals surface area contributed by atoms with Gasteiger partial charge in [-0.2, -0.15) is 0 Å². The van der Waals surface area contributed by atoms with Crippen molar-refractivity contribution in [3.05, 3.63) is 135 Å². The molecule has 0 saturated carbocycles. The van der Waals surface area contributed by atoms with Crippen LogP contribution in [0.3, 0.4) is 0 Å². The molecule has 4 aromatic carbocycles. The minimum atomic E-state index is -0.593. The summed E-state index contributed by atoms with van der Waals surface area (Å²) >= 11 is 2.66. The zero-order valence-electron chi connectivity index (χ0n) is 24.8. The second-order valence-electron chi connectivity index (χ2n) is 9.81. The summed E-state index contributed by atoms with van der Waals surface area (Å²) in [5, 5.41) is 21.6. The first-order chi connectivity index (χ1) is 22.8. The standard InChI is InChI=1S/C34H27N5O6S2/c1-45-27-15-9-23(10-16-27)30-20-47-34(37-30)38-31(40)21-46-28-17-11-25(12-18-28)35-33(42)29(36-32(41)24-5-3-2-4-6-24)19-22-7-13-26(14-8-22)39(43)44/h2-20H,21H2,1H3,(H,35,42)(H,36,41)(H,37,38,40)/b29-19-. The Balaban J connectivity index is 1.19. The molecule has 1 aromatic heterocycles. The van der Waals surface area contributed by atoms with E-state index in [0.717, 1.165) is 21.9 Å². The first-order valence-corrected chi connectivity index (χ1v) is 15.9. The van der Waals surface area contributed by atoms with Gasteiger partial charge in [0.25, 0.3) is 17.5 Å². The van der Waals surface area contributed by atoms with Crippen LogP contribution in [-0.4, -0.2) is 40.5 Å². The van der Waals surface area contributed by atoms with E-state index in [0.29, 0.717) is 21.9 Å². The number of rotatable bonds is 12. The van der Waals surface area contributed by atoms with Gasteiger partial charge in [-0.3, -0.25) is 24.5 Å². The average molecular weight is 666 g/mol. The highest BCUT2D eigenvalue weighted by atomic mass is 32.2. The van der Waals surface area contributed by atoms with E-state index >= 15 is 0 Å². The topological polar surface area (TPSA) is 153 Å². The smallest absolute Gasteiger partial charge is 0.272 e. The summed E-state index contributed by atoms with van der Waals surface area (Å²) in [6, 6.07) is 28.4. The van der Waals surface area contributed by atoms with Crippen LogP contribution < -0.4 is 20.7 Å². The number of nitro benzene ring substituents is 1. The molecule has 0 atom stereocenters. The van der Waals surface area contributed by atoms with Gasteiger partial charge in [0.05, 0.1) is 23.5 Å². The van der Waals surface area contributed by atoms with Crippen molar-refractivity contribution >= 4 is 63.4 Å². The Kier molecular flexibility index (Phi) is 10.7. The van der Waals surface area contributed by atoms with Crippen LogP contribution in [0.25, 0.3) is 17.3 Å². The minimum Gasteiger partial charge on any atom is -0.497 e. The second-order valence-corrected chi connectivity index (χ2v) is 11.7. The van der Waals surface area contributed by atoms with Crippen LogP contribution in [0.5, 0.6) is 5.75 Å². The van der Waals surface area contributed by atoms with E-state index in [4.69, 9.17) is 4.74 Å². The molecule has 236 valence electrons. The van der Waals surface area contributed by atoms with Crippen LogP contribution in [0.4, 0.5) is 16.5 Å². The highest BCUT2D eigenvalue weighted by Crippen LogP contribution is 2.27. The number of amides is 3. The molecule has 0 spiro atoms. The maximum atomic E-state index is 13.3. The number of benzene rings is 4. The monoisotopic (exact) mass is 665 g/mol. The van der Waals surface area contributed by atoms with Gasteiger partial charge in [0.15, 0.2) is 5.13 Å². The number of nitrogens with zero attached hydrogens (tertiary/aromatic N) is 2. The number of ether oxygens (including phenoxy) is 1. The third-order valence-electron chi connectivity index (χ3n) is 6.56. The van der Waals surface area contributed by atoms with Crippen molar-refractivity contribution in [3.8, 4) is 17.0 Å². The lowest BCUT2D eigenvalue weighted by molar-refractivity contribution is -0.384. The fraction of sp³-hybridized carbons (Fsp3) is 0.0588. The van der Waals surface area contributed by atoms with E-state index in [1.165, 1.54) is 53.4 Å². The highest BCUT2D eigenvalue weighted by Gasteiger charge is 2.16. The summed E-state index contributed by atoms with van der Waals surface area (Å²) in [4.78, 5) is 54.5. The molecule has 0 saturated heterocycles. The first-order valence-electron chi connectivity index (χ1n) is 14.0. The number of thiazole rings is 1. The first kappa shape index (κ1) is 32.6. The van der Waals surface area contributed by atoms with Gasteiger partial charge in [-0.15, -0.1) is 23.1 Å². The van der Waals surface area contributed by atoms with Crippen LogP contribution in [-0.2, 0) is 9.59 Å². The van der Waals surface area contributed by atoms with E-state index in [1.54, 1.807) is 61.7 Å². The van der Waals surface area contributed by atoms with Gasteiger partial charge in [-0.05, 0) is 84.4 Å². The van der Waals surface area contributed by atoms with Crippen molar-refractivity contribution in [2.24, 2.45) is 0 Å². The number of nitro groups is 1. The van der Waals surface area contributed by atoms with E-state index in [-0.39, 0.29) is 23.0 Å². The molecule has 11 nitrogen and oxygen atoms in total. The maximum Gasteiger partial charge on any atom is 0.272 e. The van der Waals surface area contributed by atoms with Gasteiger partial charge in [-0.1, -0.05) is 18.2 Å². The Morgan fingerprint density at radius 2 is 1.62 bits per heavy atom. The van der Waals surface area contributed by atoms with E-state index in [9.17, 15) is 24.5 Å². The largest absolute Gasteiger partial charge is 0.497 e. The van der Waals surface area contributed by atoms with Crippen LogP contribution in [0.15, 0.2) is 119 Å². The van der Waals surface area contributed by atoms with Crippen molar-refractivity contribution in [1.29, 1.82) is 0 Å². The summed E-state index contributed by atoms with van der Waals surface area (Å²) in [5.74, 6) is -0.396. The Hall–Kier alpha value is -5.79. The molecule has 3 amide bonds. The molecule has 1 heterocycles. The van der Waals surface area contributed by atoms with Crippen LogP contribution >= 0.6 is 23.1 Å². The summed E-state index contributed by atoms with van der Waals surface area (Å²) in [6.45, 7) is 0. The van der Waals surface area contributed by atoms with Crippen molar-refractivity contribution in [2.75, 3.05) is 23.5 Å². The molecule has 0 radical (unpaired) electrons. The zero-order chi connectivity index (χ0) is 33.2. The normalized spacial score (nSPS) is 11.0. The molecule has 0 bridgehead atoms. The Morgan fingerprint density at radius 3 is 2.28 bits per heavy atom. The molecule has 0 aliphatic rings. The van der Waals surface area contributed by atoms with Gasteiger partial charge >= 0.3 is 0 Å². The van der Waals surface area contributed by atoms with Crippen LogP contribution in [0, 0.1) is 10.1 Å². The number of hydrogen-bond acceptors (Lipinski definition) is 9. The number of aromatic nitrogens is 1. The number of nitrogens with one attached hydrogen (secondary N) is 3. The fourth-order valence-corrected chi connectivity index (χ4v) is 5.60. The minimum absolute atomic E-state index is 0.0554. The summed E-state index contributed by atoms with van der Waals surface area (Å²) in [5.41, 5.74) is 2.81. The number of anilines is 2. The molecule has 13 heteroatoms. The van der Waals surface area contributed by atoms with Crippen LogP contribution in [0.1, 0.15) is 15.9 Å². The van der Waals surface area contributed by atoms with E-state index in [2.05, 4.69) is 20.9 Å². The predicted octanol–water partition coefficient (Wildman–Crippen LogP) is 6.87. The van der Waals surface area contributed by atoms with E-state index < -0.39 is 16.7 Å². The number of thioether (sulfide) groups is 1. The molecular weight excluding hydrogens is 639 g/mol. The summed E-state index contributed by atoms with van der Waals surface area (Å²) < 4.78 is 5.19. The molecule has 3 N–H and O–H groups in total. The molecule has 5 aromatic rings. The number of methoxy groups -OCH3 is 1. The van der Waals surface area contributed by atoms with Gasteiger partial charge < -0.3 is 20.7 Å². The SMILES string of the molecule is COc1ccc(-c2csc(NC(=O)CSc3ccc(NC(=O)/C(=C/c4ccc([N+](=O)[O-])cc4)NC(=O)c4ccccc4)cc3)n2)cc1. The number of hydrogen-bond donors (Lipinski definition) is 3. The molecule has 0 aliphatic carbocycles. The van der Waals surface area contributed by atoms with Gasteiger partial charge in [-0.25, -0.2) is 4.98 Å². The summed E-state index contributed by atoms with van der Waals surface area (Å²) in [7, 11) is 1.60. The number of non-ortho nitro benzene ring substituents is 1. The lowest BCUT2D eigenvalue weighted by Gasteiger charge is -2.12. The lowest BCUT2D eigenvalue weighted by Crippen LogP contribution is -2.30. The molecular formula is C34H27N5O6S2. The quantitative estimate of drug-likeness (QED) is 0.0565. The third kappa shape index (κ3) is 9.12. The van der Waals surface area contributed by atoms with Gasteiger partial charge in [0.1, 0.15) is 11.4 Å². The molecule has 0 fully saturated rings. The molecule has 0 unspecified atom stereocenters. The highest BCUT2D eigenvalue weighted by molar-refractivity contribution is 8.00. The fourth-order valence-electron chi connectivity index (χ4n) is 4.16. The van der Waals surface area contributed by atoms with Crippen molar-refractivity contribution in [1.82, 2.24) is 10.3 Å². The van der Waals surface area contributed by atoms with Gasteiger partial charge in [0, 0.05) is 39.2 Å². The molecule has 5 rings (SSSR count). The third-order valence-corrected chi connectivity index (χ3v) is 8.33. The molecule has 47 heavy (non-hydrogen) atoms. The summed E-state index contributed by atoms with van der Waals surface area (Å²) in [6.07, 6.45) is 1.44. The maximum absolute atomic E-state index is 13.3. The van der Waals surface area contributed by atoms with Crippen molar-refractivity contribution in [3.63, 3.8) is 0 Å². The zero-order valence-corrected chi connectivity index (χ0v) is 26.5. The second kappa shape index (κ2) is 15.5.